The van der Waals surface area contributed by atoms with E-state index in [0.717, 1.165) is 42.0 Å². The first-order valence-corrected chi connectivity index (χ1v) is 19.6. The Morgan fingerprint density at radius 1 is 0.640 bits per heavy atom. The zero-order valence-electron chi connectivity index (χ0n) is 27.4. The van der Waals surface area contributed by atoms with Crippen LogP contribution in [0.5, 0.6) is 17.2 Å². The van der Waals surface area contributed by atoms with Crippen molar-refractivity contribution in [2.75, 3.05) is 26.2 Å². The van der Waals surface area contributed by atoms with Crippen LogP contribution in [0, 0.1) is 5.92 Å². The second kappa shape index (κ2) is 13.4. The molecule has 13 heteroatoms. The van der Waals surface area contributed by atoms with Crippen molar-refractivity contribution in [3.05, 3.63) is 112 Å². The Bertz CT molecular complexity index is 2170. The number of aromatic hydroxyl groups is 3. The summed E-state index contributed by atoms with van der Waals surface area (Å²) in [5.41, 5.74) is 4.07. The predicted molar refractivity (Wildman–Crippen MR) is 186 cm³/mol. The van der Waals surface area contributed by atoms with Crippen LogP contribution in [-0.2, 0) is 52.4 Å². The summed E-state index contributed by atoms with van der Waals surface area (Å²) < 4.78 is 57.6. The molecule has 3 N–H and O–H groups in total. The molecule has 11 nitrogen and oxygen atoms in total. The first-order chi connectivity index (χ1) is 23.9. The van der Waals surface area contributed by atoms with E-state index >= 15 is 0 Å². The lowest BCUT2D eigenvalue weighted by Crippen LogP contribution is -2.39. The minimum atomic E-state index is -4.39. The normalized spacial score (nSPS) is 17.6. The third-order valence-corrected chi connectivity index (χ3v) is 14.0. The van der Waals surface area contributed by atoms with Crippen LogP contribution >= 0.6 is 0 Å². The van der Waals surface area contributed by atoms with Gasteiger partial charge in [0.15, 0.2) is 11.5 Å². The van der Waals surface area contributed by atoms with Crippen molar-refractivity contribution >= 4 is 26.0 Å². The smallest absolute Gasteiger partial charge is 0.258 e. The SMILES string of the molecule is O=C(c1cc(S(=O)(=O)N2CCc3ccccc3C2)c(O)c(O)c1O)N1CCc2ccc(S(=O)(=O)N3CCC(Cc4ccccc4)CC3)cc2C1. The van der Waals surface area contributed by atoms with Gasteiger partial charge in [-0.2, -0.15) is 8.61 Å². The molecule has 3 aliphatic heterocycles. The fraction of sp³-hybridized carbons (Fsp3) is 0.324. The average Bonchev–Trinajstić information content (AvgIpc) is 3.13. The molecule has 0 atom stereocenters. The summed E-state index contributed by atoms with van der Waals surface area (Å²) in [6.45, 7) is 1.22. The van der Waals surface area contributed by atoms with Crippen LogP contribution < -0.4 is 0 Å². The molecule has 1 fully saturated rings. The Kier molecular flexibility index (Phi) is 9.10. The van der Waals surface area contributed by atoms with Crippen LogP contribution in [0.4, 0.5) is 0 Å². The lowest BCUT2D eigenvalue weighted by molar-refractivity contribution is 0.0730. The number of rotatable bonds is 7. The van der Waals surface area contributed by atoms with Crippen molar-refractivity contribution < 1.29 is 36.9 Å². The Balaban J connectivity index is 1.09. The van der Waals surface area contributed by atoms with Gasteiger partial charge in [0.25, 0.3) is 5.91 Å². The third kappa shape index (κ3) is 6.34. The van der Waals surface area contributed by atoms with Crippen LogP contribution in [-0.4, -0.2) is 77.8 Å². The van der Waals surface area contributed by atoms with Crippen molar-refractivity contribution in [2.45, 2.75) is 55.0 Å². The summed E-state index contributed by atoms with van der Waals surface area (Å²) in [7, 11) is -8.18. The molecule has 0 radical (unpaired) electrons. The van der Waals surface area contributed by atoms with Crippen molar-refractivity contribution in [3.63, 3.8) is 0 Å². The van der Waals surface area contributed by atoms with Gasteiger partial charge in [-0.3, -0.25) is 4.79 Å². The number of piperidine rings is 1. The average molecular weight is 718 g/mol. The van der Waals surface area contributed by atoms with Gasteiger partial charge in [0.05, 0.1) is 10.5 Å². The van der Waals surface area contributed by atoms with Gasteiger partial charge < -0.3 is 20.2 Å². The number of hydrogen-bond donors (Lipinski definition) is 3. The summed E-state index contributed by atoms with van der Waals surface area (Å²) in [5.74, 6) is -3.45. The number of phenols is 3. The molecular weight excluding hydrogens is 679 g/mol. The molecule has 0 bridgehead atoms. The van der Waals surface area contributed by atoms with Crippen molar-refractivity contribution in [1.29, 1.82) is 0 Å². The second-order valence-corrected chi connectivity index (χ2v) is 17.1. The number of carbonyl (C=O) groups is 1. The lowest BCUT2D eigenvalue weighted by atomic mass is 9.91. The highest BCUT2D eigenvalue weighted by molar-refractivity contribution is 7.89. The fourth-order valence-corrected chi connectivity index (χ4v) is 10.3. The number of phenolic OH excluding ortho intramolecular Hbond substituents is 3. The van der Waals surface area contributed by atoms with E-state index in [9.17, 15) is 36.9 Å². The molecular formula is C37H39N3O8S2. The zero-order valence-corrected chi connectivity index (χ0v) is 29.0. The Hall–Kier alpha value is -4.43. The monoisotopic (exact) mass is 717 g/mol. The Morgan fingerprint density at radius 2 is 1.30 bits per heavy atom. The molecule has 4 aromatic rings. The maximum atomic E-state index is 13.8. The first kappa shape index (κ1) is 34.0. The van der Waals surface area contributed by atoms with Gasteiger partial charge >= 0.3 is 0 Å². The molecule has 0 spiro atoms. The van der Waals surface area contributed by atoms with E-state index in [0.29, 0.717) is 37.4 Å². The molecule has 1 amide bonds. The lowest BCUT2D eigenvalue weighted by Gasteiger charge is -2.32. The highest BCUT2D eigenvalue weighted by Gasteiger charge is 2.36. The minimum Gasteiger partial charge on any atom is -0.504 e. The molecule has 7 rings (SSSR count). The van der Waals surface area contributed by atoms with E-state index in [4.69, 9.17) is 0 Å². The molecule has 50 heavy (non-hydrogen) atoms. The number of carbonyl (C=O) groups excluding carboxylic acids is 1. The van der Waals surface area contributed by atoms with E-state index in [2.05, 4.69) is 12.1 Å². The standard InChI is InChI=1S/C37H39N3O8S2/c41-34-32(22-33(35(42)36(34)43)50(47,48)40-19-15-27-8-4-5-9-29(27)24-40)37(44)38-16-14-28-10-11-31(21-30(28)23-38)49(45,46)39-17-12-26(13-18-39)20-25-6-2-1-3-7-25/h1-11,21-22,26,41-43H,12-20,23-24H2. The van der Waals surface area contributed by atoms with Gasteiger partial charge in [0.1, 0.15) is 4.90 Å². The van der Waals surface area contributed by atoms with E-state index in [1.165, 1.54) is 19.1 Å². The molecule has 262 valence electrons. The molecule has 3 aliphatic rings. The molecule has 4 aromatic carbocycles. The Morgan fingerprint density at radius 3 is 2.04 bits per heavy atom. The van der Waals surface area contributed by atoms with Crippen molar-refractivity contribution in [3.8, 4) is 17.2 Å². The number of nitrogens with zero attached hydrogens (tertiary/aromatic N) is 3. The number of sulfonamides is 2. The van der Waals surface area contributed by atoms with Crippen LogP contribution in [0.25, 0.3) is 0 Å². The van der Waals surface area contributed by atoms with Gasteiger partial charge in [0.2, 0.25) is 25.8 Å². The second-order valence-electron chi connectivity index (χ2n) is 13.3. The summed E-state index contributed by atoms with van der Waals surface area (Å²) >= 11 is 0. The van der Waals surface area contributed by atoms with Crippen LogP contribution in [0.15, 0.2) is 88.7 Å². The molecule has 0 unspecified atom stereocenters. The zero-order chi connectivity index (χ0) is 35.2. The molecule has 0 saturated carbocycles. The van der Waals surface area contributed by atoms with E-state index in [1.807, 2.05) is 36.4 Å². The van der Waals surface area contributed by atoms with Crippen LogP contribution in [0.1, 0.15) is 51.0 Å². The number of benzene rings is 4. The maximum absolute atomic E-state index is 13.8. The van der Waals surface area contributed by atoms with E-state index < -0.39 is 53.7 Å². The summed E-state index contributed by atoms with van der Waals surface area (Å²) in [6.07, 6.45) is 3.27. The summed E-state index contributed by atoms with van der Waals surface area (Å²) in [5, 5.41) is 32.0. The van der Waals surface area contributed by atoms with Gasteiger partial charge in [-0.05, 0) is 84.0 Å². The predicted octanol–water partition coefficient (Wildman–Crippen LogP) is 4.39. The summed E-state index contributed by atoms with van der Waals surface area (Å²) in [6, 6.07) is 23.4. The summed E-state index contributed by atoms with van der Waals surface area (Å²) in [4.78, 5) is 14.7. The van der Waals surface area contributed by atoms with Crippen LogP contribution in [0.2, 0.25) is 0 Å². The fourth-order valence-electron chi connectivity index (χ4n) is 7.29. The van der Waals surface area contributed by atoms with Gasteiger partial charge in [0, 0.05) is 39.3 Å². The van der Waals surface area contributed by atoms with Gasteiger partial charge in [-0.1, -0.05) is 60.7 Å². The third-order valence-electron chi connectivity index (χ3n) is 10.2. The van der Waals surface area contributed by atoms with Crippen molar-refractivity contribution in [1.82, 2.24) is 13.5 Å². The highest BCUT2D eigenvalue weighted by Crippen LogP contribution is 2.44. The molecule has 1 saturated heterocycles. The molecule has 0 aliphatic carbocycles. The van der Waals surface area contributed by atoms with Gasteiger partial charge in [-0.25, -0.2) is 16.8 Å². The van der Waals surface area contributed by atoms with Crippen LogP contribution in [0.3, 0.4) is 0 Å². The quantitative estimate of drug-likeness (QED) is 0.238. The van der Waals surface area contributed by atoms with Crippen molar-refractivity contribution in [2.24, 2.45) is 5.92 Å². The Labute approximate surface area is 292 Å². The minimum absolute atomic E-state index is 0.00273. The maximum Gasteiger partial charge on any atom is 0.258 e. The largest absolute Gasteiger partial charge is 0.504 e. The number of amides is 1. The topological polar surface area (TPSA) is 156 Å². The first-order valence-electron chi connectivity index (χ1n) is 16.7. The number of fused-ring (bicyclic) bond motifs is 2. The number of hydrogen-bond acceptors (Lipinski definition) is 8. The highest BCUT2D eigenvalue weighted by atomic mass is 32.2. The molecule has 0 aromatic heterocycles. The van der Waals surface area contributed by atoms with Gasteiger partial charge in [-0.15, -0.1) is 0 Å². The van der Waals surface area contributed by atoms with E-state index in [-0.39, 0.29) is 31.1 Å². The van der Waals surface area contributed by atoms with E-state index in [1.54, 1.807) is 24.3 Å². The molecule has 3 heterocycles.